The number of aliphatic hydroxyl groups is 1. The Bertz CT molecular complexity index is 968. The van der Waals surface area contributed by atoms with E-state index in [-0.39, 0.29) is 45.8 Å². The van der Waals surface area contributed by atoms with Crippen molar-refractivity contribution >= 4 is 35.5 Å². The number of carbonyl (C=O) groups is 5. The molecular weight excluding hydrogens is 594 g/mol. The predicted octanol–water partition coefficient (Wildman–Crippen LogP) is 3.29. The number of benzene rings is 1. The maximum Gasteiger partial charge on any atom is 0.407 e. The summed E-state index contributed by atoms with van der Waals surface area (Å²) in [5.74, 6) is -1.61. The van der Waals surface area contributed by atoms with Crippen LogP contribution in [0.4, 0.5) is 15.3 Å². The lowest BCUT2D eigenvalue weighted by Gasteiger charge is -2.19. The van der Waals surface area contributed by atoms with Gasteiger partial charge < -0.3 is 47.9 Å². The number of allylic oxidation sites excluding steroid dienone is 2. The standard InChI is InChI=1S/C20H31N7O7.C5H10.C3H8.2C2H6/c21-10-16(29)25-11-17(30)27-15(2-1-7-23-19(22)32)18(31)26-14-5-3-13(4-6-14)12-34-20(33)24-8-9-28;1-4-5(2)3;1-3-2;2*1-2/h3-6,15,28H,1-2,7-12,21H2,(H,24,33)(H,25,29)(H,26,31)(H,27,30)(H3,22,23,32);4H,1-3H3;3H2,1-2H3;2*1-2H3. The summed E-state index contributed by atoms with van der Waals surface area (Å²) in [7, 11) is 0. The molecule has 0 heterocycles. The number of amides is 6. The fourth-order valence-corrected chi connectivity index (χ4v) is 2.55. The van der Waals surface area contributed by atoms with Gasteiger partial charge in [-0.05, 0) is 51.3 Å². The molecule has 1 rings (SSSR count). The predicted molar refractivity (Wildman–Crippen MR) is 185 cm³/mol. The van der Waals surface area contributed by atoms with Crippen molar-refractivity contribution in [3.63, 3.8) is 0 Å². The number of rotatable bonds is 14. The van der Waals surface area contributed by atoms with E-state index < -0.39 is 35.9 Å². The van der Waals surface area contributed by atoms with Gasteiger partial charge in [-0.3, -0.25) is 14.4 Å². The maximum atomic E-state index is 12.7. The molecule has 266 valence electrons. The average Bonchev–Trinajstić information content (AvgIpc) is 3.05. The lowest BCUT2D eigenvalue weighted by Crippen LogP contribution is -2.48. The third-order valence-corrected chi connectivity index (χ3v) is 4.80. The largest absolute Gasteiger partial charge is 0.445 e. The lowest BCUT2D eigenvalue weighted by atomic mass is 10.1. The van der Waals surface area contributed by atoms with Gasteiger partial charge in [0.25, 0.3) is 0 Å². The number of ether oxygens (including phenoxy) is 1. The fourth-order valence-electron chi connectivity index (χ4n) is 2.55. The van der Waals surface area contributed by atoms with Crippen molar-refractivity contribution in [1.82, 2.24) is 21.3 Å². The molecule has 1 aromatic rings. The number of alkyl carbamates (subject to hydrolysis) is 1. The molecule has 14 heteroatoms. The molecule has 1 atom stereocenters. The first-order chi connectivity index (χ1) is 21.9. The Balaban J connectivity index is -0.000000635. The minimum Gasteiger partial charge on any atom is -0.445 e. The van der Waals surface area contributed by atoms with Crippen molar-refractivity contribution in [3.05, 3.63) is 41.5 Å². The molecule has 0 aliphatic carbocycles. The Morgan fingerprint density at radius 1 is 0.913 bits per heavy atom. The summed E-state index contributed by atoms with van der Waals surface area (Å²) in [6, 6.07) is 4.82. The van der Waals surface area contributed by atoms with E-state index in [0.717, 1.165) is 0 Å². The van der Waals surface area contributed by atoms with Gasteiger partial charge in [-0.2, -0.15) is 0 Å². The molecule has 0 bridgehead atoms. The number of nitrogens with two attached hydrogens (primary N) is 2. The molecular formula is C32H61N7O7. The molecule has 46 heavy (non-hydrogen) atoms. The monoisotopic (exact) mass is 655 g/mol. The third kappa shape index (κ3) is 32.7. The van der Waals surface area contributed by atoms with Gasteiger partial charge in [0.2, 0.25) is 17.7 Å². The lowest BCUT2D eigenvalue weighted by molar-refractivity contribution is -0.128. The second-order valence-corrected chi connectivity index (χ2v) is 9.02. The van der Waals surface area contributed by atoms with E-state index in [1.807, 2.05) is 34.6 Å². The van der Waals surface area contributed by atoms with Crippen LogP contribution < -0.4 is 38.1 Å². The zero-order chi connectivity index (χ0) is 36.3. The number of nitrogens with one attached hydrogen (secondary N) is 5. The molecule has 6 amide bonds. The SMILES string of the molecule is CC.CC.CC=C(C)C.CCC.NCC(=O)NCC(=O)NC(CCCNC(N)=O)C(=O)Nc1ccc(COC(=O)NCCO)cc1. The molecule has 1 unspecified atom stereocenters. The smallest absolute Gasteiger partial charge is 0.407 e. The van der Waals surface area contributed by atoms with E-state index in [9.17, 15) is 24.0 Å². The zero-order valence-corrected chi connectivity index (χ0v) is 29.4. The molecule has 0 saturated carbocycles. The molecule has 0 aliphatic rings. The van der Waals surface area contributed by atoms with Gasteiger partial charge in [0.05, 0.1) is 19.7 Å². The summed E-state index contributed by atoms with van der Waals surface area (Å²) in [6.07, 6.45) is 3.21. The number of anilines is 1. The van der Waals surface area contributed by atoms with Gasteiger partial charge >= 0.3 is 12.1 Å². The number of urea groups is 1. The summed E-state index contributed by atoms with van der Waals surface area (Å²) in [5.41, 5.74) is 12.7. The van der Waals surface area contributed by atoms with Crippen molar-refractivity contribution in [2.24, 2.45) is 11.5 Å². The highest BCUT2D eigenvalue weighted by Gasteiger charge is 2.21. The Labute approximate surface area is 275 Å². The van der Waals surface area contributed by atoms with Gasteiger partial charge in [0, 0.05) is 18.8 Å². The topological polar surface area (TPSA) is 227 Å². The van der Waals surface area contributed by atoms with Crippen molar-refractivity contribution < 1.29 is 33.8 Å². The molecule has 1 aromatic carbocycles. The van der Waals surface area contributed by atoms with E-state index in [1.54, 1.807) is 24.3 Å². The van der Waals surface area contributed by atoms with Crippen LogP contribution in [0.1, 0.15) is 87.1 Å². The van der Waals surface area contributed by atoms with E-state index >= 15 is 0 Å². The molecule has 14 nitrogen and oxygen atoms in total. The van der Waals surface area contributed by atoms with Gasteiger partial charge in [-0.25, -0.2) is 9.59 Å². The summed E-state index contributed by atoms with van der Waals surface area (Å²) in [5, 5.41) is 20.9. The van der Waals surface area contributed by atoms with Crippen LogP contribution in [0, 0.1) is 0 Å². The summed E-state index contributed by atoms with van der Waals surface area (Å²) >= 11 is 0. The highest BCUT2D eigenvalue weighted by atomic mass is 16.5. The number of hydrogen-bond acceptors (Lipinski definition) is 8. The Morgan fingerprint density at radius 2 is 1.46 bits per heavy atom. The van der Waals surface area contributed by atoms with Gasteiger partial charge in [0.1, 0.15) is 12.6 Å². The average molecular weight is 656 g/mol. The Kier molecular flexibility index (Phi) is 37.4. The van der Waals surface area contributed by atoms with E-state index in [0.29, 0.717) is 17.7 Å². The number of carbonyl (C=O) groups excluding carboxylic acids is 5. The summed E-state index contributed by atoms with van der Waals surface area (Å²) in [4.78, 5) is 58.3. The first kappa shape index (κ1) is 48.7. The molecule has 0 aromatic heterocycles. The van der Waals surface area contributed by atoms with Gasteiger partial charge in [-0.15, -0.1) is 0 Å². The molecule has 0 spiro atoms. The van der Waals surface area contributed by atoms with E-state index in [1.165, 1.54) is 12.0 Å². The van der Waals surface area contributed by atoms with E-state index in [2.05, 4.69) is 60.4 Å². The second kappa shape index (κ2) is 35.3. The van der Waals surface area contributed by atoms with Crippen LogP contribution in [-0.4, -0.2) is 73.8 Å². The minimum atomic E-state index is -0.949. The first-order valence-corrected chi connectivity index (χ1v) is 15.7. The van der Waals surface area contributed by atoms with Crippen LogP contribution in [0.3, 0.4) is 0 Å². The van der Waals surface area contributed by atoms with Gasteiger partial charge in [0.15, 0.2) is 0 Å². The maximum absolute atomic E-state index is 12.7. The number of aliphatic hydroxyl groups excluding tert-OH is 1. The molecule has 0 fully saturated rings. The zero-order valence-electron chi connectivity index (χ0n) is 29.4. The van der Waals surface area contributed by atoms with Crippen LogP contribution >= 0.6 is 0 Å². The number of primary amides is 1. The van der Waals surface area contributed by atoms with Crippen LogP contribution in [-0.2, 0) is 25.7 Å². The Hall–Kier alpha value is -4.17. The van der Waals surface area contributed by atoms with Crippen molar-refractivity contribution in [1.29, 1.82) is 0 Å². The van der Waals surface area contributed by atoms with Crippen LogP contribution in [0.25, 0.3) is 0 Å². The second-order valence-electron chi connectivity index (χ2n) is 9.02. The quantitative estimate of drug-likeness (QED) is 0.109. The van der Waals surface area contributed by atoms with Crippen LogP contribution in [0.5, 0.6) is 0 Å². The highest BCUT2D eigenvalue weighted by molar-refractivity contribution is 5.97. The molecule has 0 saturated heterocycles. The molecule has 0 radical (unpaired) electrons. The molecule has 10 N–H and O–H groups in total. The highest BCUT2D eigenvalue weighted by Crippen LogP contribution is 2.12. The van der Waals surface area contributed by atoms with Crippen molar-refractivity contribution in [2.75, 3.05) is 38.1 Å². The van der Waals surface area contributed by atoms with Crippen molar-refractivity contribution in [2.45, 2.75) is 94.2 Å². The summed E-state index contributed by atoms with van der Waals surface area (Å²) < 4.78 is 4.98. The van der Waals surface area contributed by atoms with E-state index in [4.69, 9.17) is 21.3 Å². The summed E-state index contributed by atoms with van der Waals surface area (Å²) in [6.45, 7) is 17.9. The molecule has 0 aliphatic heterocycles. The fraction of sp³-hybridized carbons (Fsp3) is 0.594. The van der Waals surface area contributed by atoms with Gasteiger partial charge in [-0.1, -0.05) is 71.7 Å². The minimum absolute atomic E-state index is 0.00838. The number of hydrogen-bond donors (Lipinski definition) is 8. The first-order valence-electron chi connectivity index (χ1n) is 15.7. The third-order valence-electron chi connectivity index (χ3n) is 4.80. The van der Waals surface area contributed by atoms with Crippen molar-refractivity contribution in [3.8, 4) is 0 Å². The normalized spacial score (nSPS) is 9.54. The Morgan fingerprint density at radius 3 is 1.91 bits per heavy atom. The van der Waals surface area contributed by atoms with Crippen LogP contribution in [0.15, 0.2) is 35.9 Å². The van der Waals surface area contributed by atoms with Crippen LogP contribution in [0.2, 0.25) is 0 Å².